The van der Waals surface area contributed by atoms with Crippen LogP contribution in [-0.2, 0) is 0 Å². The zero-order chi connectivity index (χ0) is 11.4. The monoisotopic (exact) mass is 228 g/mol. The number of hydrogen-bond acceptors (Lipinski definition) is 4. The van der Waals surface area contributed by atoms with Crippen LogP contribution in [0.15, 0.2) is 12.1 Å². The summed E-state index contributed by atoms with van der Waals surface area (Å²) in [5, 5.41) is 10.6. The van der Waals surface area contributed by atoms with E-state index >= 15 is 0 Å². The van der Waals surface area contributed by atoms with Gasteiger partial charge in [0.15, 0.2) is 0 Å². The number of ether oxygens (including phenoxy) is 2. The number of carboxylic acids is 1. The number of carboxylic acid groups (broad SMARTS) is 1. The molecule has 0 amide bonds. The van der Waals surface area contributed by atoms with Crippen LogP contribution in [-0.4, -0.2) is 20.2 Å². The van der Waals surface area contributed by atoms with Gasteiger partial charge in [-0.1, -0.05) is 0 Å². The predicted octanol–water partition coefficient (Wildman–Crippen LogP) is -2.38. The molecule has 78 valence electrons. The molecule has 0 unspecified atom stereocenters. The van der Waals surface area contributed by atoms with E-state index in [0.29, 0.717) is 0 Å². The van der Waals surface area contributed by atoms with E-state index in [4.69, 9.17) is 16.0 Å². The summed E-state index contributed by atoms with van der Waals surface area (Å²) in [4.78, 5) is 13.8. The van der Waals surface area contributed by atoms with Crippen molar-refractivity contribution in [3.05, 3.63) is 29.1 Å². The van der Waals surface area contributed by atoms with E-state index in [-0.39, 0.29) is 52.3 Å². The summed E-state index contributed by atoms with van der Waals surface area (Å²) >= 11 is 0. The van der Waals surface area contributed by atoms with Crippen molar-refractivity contribution in [2.45, 2.75) is 0 Å². The quantitative estimate of drug-likeness (QED) is 0.428. The summed E-state index contributed by atoms with van der Waals surface area (Å²) in [5.74, 6) is -1.03. The van der Waals surface area contributed by atoms with Crippen molar-refractivity contribution in [1.29, 1.82) is 0 Å². The Morgan fingerprint density at radius 1 is 1.31 bits per heavy atom. The van der Waals surface area contributed by atoms with Crippen molar-refractivity contribution < 1.29 is 48.9 Å². The third-order valence-electron chi connectivity index (χ3n) is 1.83. The Bertz CT molecular complexity index is 414. The van der Waals surface area contributed by atoms with E-state index in [1.807, 2.05) is 0 Å². The van der Waals surface area contributed by atoms with Crippen LogP contribution in [0.3, 0.4) is 0 Å². The first-order valence-electron chi connectivity index (χ1n) is 3.98. The van der Waals surface area contributed by atoms with Gasteiger partial charge < -0.3 is 19.4 Å². The van der Waals surface area contributed by atoms with Crippen LogP contribution in [0.2, 0.25) is 0 Å². The SMILES string of the molecule is COc1cc(C(=O)[O-])cc(OC)c1[N+]#[11C-].[Na+]. The number of carbonyl (C=O) groups excluding carboxylic acids is 1. The summed E-state index contributed by atoms with van der Waals surface area (Å²) in [5.41, 5.74) is 0.0566. The maximum absolute atomic E-state index is 10.6. The Balaban J connectivity index is 0.00000225. The van der Waals surface area contributed by atoms with Gasteiger partial charge in [0.2, 0.25) is 0 Å². The summed E-state index contributed by atoms with van der Waals surface area (Å²) in [6, 6.07) is 2.45. The first-order chi connectivity index (χ1) is 7.13. The van der Waals surface area contributed by atoms with Gasteiger partial charge in [-0.05, 0) is 12.1 Å². The van der Waals surface area contributed by atoms with Crippen molar-refractivity contribution in [2.24, 2.45) is 0 Å². The van der Waals surface area contributed by atoms with Crippen LogP contribution in [0, 0.1) is 6.57 Å². The molecular weight excluding hydrogens is 220 g/mol. The van der Waals surface area contributed by atoms with Crippen LogP contribution in [0.4, 0.5) is 5.69 Å². The molecule has 0 fully saturated rings. The van der Waals surface area contributed by atoms with E-state index in [9.17, 15) is 9.90 Å². The maximum Gasteiger partial charge on any atom is 1.00 e. The van der Waals surface area contributed by atoms with Crippen molar-refractivity contribution in [2.75, 3.05) is 14.2 Å². The summed E-state index contributed by atoms with van der Waals surface area (Å²) in [7, 11) is 2.70. The second kappa shape index (κ2) is 6.38. The van der Waals surface area contributed by atoms with Crippen LogP contribution in [0.5, 0.6) is 11.5 Å². The summed E-state index contributed by atoms with van der Waals surface area (Å²) in [6.07, 6.45) is 0. The molecule has 0 aromatic heterocycles. The molecule has 0 aliphatic carbocycles. The molecule has 0 spiro atoms. The Hall–Kier alpha value is -1.22. The molecular formula is C10H8NNaO4. The Morgan fingerprint density at radius 3 is 2.00 bits per heavy atom. The van der Waals surface area contributed by atoms with Crippen LogP contribution in [0.25, 0.3) is 4.85 Å². The summed E-state index contributed by atoms with van der Waals surface area (Å²) < 4.78 is 9.77. The molecule has 0 radical (unpaired) electrons. The molecule has 1 aromatic rings. The van der Waals surface area contributed by atoms with Crippen molar-refractivity contribution in [3.8, 4) is 11.5 Å². The third kappa shape index (κ3) is 2.89. The fraction of sp³-hybridized carbons (Fsp3) is 0.200. The second-order valence-corrected chi connectivity index (χ2v) is 2.63. The van der Waals surface area contributed by atoms with Gasteiger partial charge in [-0.2, -0.15) is 0 Å². The van der Waals surface area contributed by atoms with E-state index in [1.165, 1.54) is 26.4 Å². The van der Waals surface area contributed by atoms with Gasteiger partial charge in [0, 0.05) is 5.56 Å². The van der Waals surface area contributed by atoms with Gasteiger partial charge in [0.25, 0.3) is 5.69 Å². The number of hydrogen-bond donors (Lipinski definition) is 0. The summed E-state index contributed by atoms with van der Waals surface area (Å²) in [6.45, 7) is 6.91. The second-order valence-electron chi connectivity index (χ2n) is 2.63. The Labute approximate surface area is 115 Å². The molecule has 0 atom stereocenters. The number of aromatic carboxylic acids is 1. The molecule has 1 rings (SSSR count). The molecule has 0 saturated carbocycles. The zero-order valence-electron chi connectivity index (χ0n) is 9.23. The van der Waals surface area contributed by atoms with E-state index < -0.39 is 5.97 Å². The number of nitrogens with zero attached hydrogens (tertiary/aromatic N) is 1. The fourth-order valence-electron chi connectivity index (χ4n) is 1.12. The van der Waals surface area contributed by atoms with E-state index in [0.717, 1.165) is 0 Å². The largest absolute Gasteiger partial charge is 1.00 e. The first-order valence-corrected chi connectivity index (χ1v) is 3.98. The molecule has 5 nitrogen and oxygen atoms in total. The molecule has 16 heavy (non-hydrogen) atoms. The minimum absolute atomic E-state index is 0. The molecule has 0 heterocycles. The van der Waals surface area contributed by atoms with Gasteiger partial charge in [-0.3, -0.25) is 0 Å². The van der Waals surface area contributed by atoms with Crippen LogP contribution < -0.4 is 44.1 Å². The number of carbonyl (C=O) groups is 1. The average molecular weight is 228 g/mol. The fourth-order valence-corrected chi connectivity index (χ4v) is 1.12. The normalized spacial score (nSPS) is 8.56. The minimum Gasteiger partial charge on any atom is -0.545 e. The molecule has 0 N–H and O–H groups in total. The van der Waals surface area contributed by atoms with Gasteiger partial charge in [-0.25, -0.2) is 4.85 Å². The van der Waals surface area contributed by atoms with Crippen molar-refractivity contribution in [3.63, 3.8) is 0 Å². The topological polar surface area (TPSA) is 63.0 Å². The zero-order valence-corrected chi connectivity index (χ0v) is 11.2. The maximum atomic E-state index is 10.6. The Morgan fingerprint density at radius 2 is 1.75 bits per heavy atom. The molecule has 0 bridgehead atoms. The minimum atomic E-state index is -1.34. The van der Waals surface area contributed by atoms with Crippen molar-refractivity contribution >= 4 is 11.7 Å². The van der Waals surface area contributed by atoms with Crippen LogP contribution in [0.1, 0.15) is 10.4 Å². The van der Waals surface area contributed by atoms with Crippen molar-refractivity contribution in [1.82, 2.24) is 0 Å². The Kier molecular flexibility index (Phi) is 5.89. The molecule has 6 heteroatoms. The molecule has 0 aliphatic heterocycles. The van der Waals surface area contributed by atoms with Gasteiger partial charge in [-0.15, -0.1) is 0 Å². The third-order valence-corrected chi connectivity index (χ3v) is 1.83. The van der Waals surface area contributed by atoms with Gasteiger partial charge >= 0.3 is 29.6 Å². The molecule has 0 aliphatic rings. The standard InChI is InChI=1S/C10H9NO4.Na/c1-11-9-7(14-2)4-6(10(12)13)5-8(9)15-3;/h4-5H,2-3H3,(H,12,13);/q;+1/p-1/i1-1;. The van der Waals surface area contributed by atoms with Gasteiger partial charge in [0.05, 0.1) is 26.8 Å². The van der Waals surface area contributed by atoms with E-state index in [1.54, 1.807) is 0 Å². The predicted molar refractivity (Wildman–Crippen MR) is 50.1 cm³/mol. The molecule has 0 saturated heterocycles. The number of benzene rings is 1. The van der Waals surface area contributed by atoms with E-state index in [2.05, 4.69) is 4.85 Å². The molecule has 1 aromatic carbocycles. The van der Waals surface area contributed by atoms with Gasteiger partial charge in [0.1, 0.15) is 11.5 Å². The number of methoxy groups -OCH3 is 2. The number of rotatable bonds is 3. The smallest absolute Gasteiger partial charge is 0.545 e. The average Bonchev–Trinajstić information content (AvgIpc) is 2.26. The first kappa shape index (κ1) is 14.8. The van der Waals surface area contributed by atoms with Crippen LogP contribution >= 0.6 is 0 Å².